The van der Waals surface area contributed by atoms with Crippen molar-refractivity contribution in [3.05, 3.63) is 101 Å². The van der Waals surface area contributed by atoms with Crippen molar-refractivity contribution in [1.82, 2.24) is 4.31 Å². The molecule has 196 valence electrons. The molecule has 0 bridgehead atoms. The summed E-state index contributed by atoms with van der Waals surface area (Å²) in [5.41, 5.74) is 9.18. The van der Waals surface area contributed by atoms with Gasteiger partial charge >= 0.3 is 0 Å². The summed E-state index contributed by atoms with van der Waals surface area (Å²) in [6.45, 7) is 4.17. The van der Waals surface area contributed by atoms with Crippen molar-refractivity contribution < 1.29 is 17.6 Å². The van der Waals surface area contributed by atoms with Gasteiger partial charge in [-0.3, -0.25) is 4.79 Å². The molecule has 1 unspecified atom stereocenters. The molecule has 1 fully saturated rings. The Bertz CT molecular complexity index is 1320. The van der Waals surface area contributed by atoms with Crippen molar-refractivity contribution in [2.24, 2.45) is 17.6 Å². The van der Waals surface area contributed by atoms with Crippen LogP contribution in [-0.2, 0) is 21.4 Å². The minimum Gasteiger partial charge on any atom is -0.369 e. The Hall–Kier alpha value is -3.03. The molecule has 0 saturated heterocycles. The van der Waals surface area contributed by atoms with Gasteiger partial charge < -0.3 is 5.73 Å². The largest absolute Gasteiger partial charge is 0.369 e. The molecule has 1 saturated carbocycles. The number of rotatable bonds is 9. The first-order valence-corrected chi connectivity index (χ1v) is 14.2. The normalized spacial score (nSPS) is 19.0. The number of aryl methyl sites for hydroxylation is 2. The summed E-state index contributed by atoms with van der Waals surface area (Å²) in [6, 6.07) is 21.5. The van der Waals surface area contributed by atoms with Crippen LogP contribution in [0, 0.1) is 31.5 Å². The van der Waals surface area contributed by atoms with E-state index >= 15 is 0 Å². The topological polar surface area (TPSA) is 80.5 Å². The quantitative estimate of drug-likeness (QED) is 0.391. The van der Waals surface area contributed by atoms with E-state index in [1.54, 1.807) is 6.92 Å². The third-order valence-corrected chi connectivity index (χ3v) is 9.36. The number of nitrogens with zero attached hydrogens (tertiary/aromatic N) is 1. The fourth-order valence-corrected chi connectivity index (χ4v) is 6.87. The lowest BCUT2D eigenvalue weighted by atomic mass is 9.73. The molecule has 1 atom stereocenters. The van der Waals surface area contributed by atoms with Crippen LogP contribution in [0.1, 0.15) is 53.9 Å². The minimum absolute atomic E-state index is 0.0339. The Morgan fingerprint density at radius 1 is 0.973 bits per heavy atom. The molecule has 1 amide bonds. The maximum absolute atomic E-state index is 14.3. The summed E-state index contributed by atoms with van der Waals surface area (Å²) in [5, 5.41) is 0. The molecule has 37 heavy (non-hydrogen) atoms. The first-order valence-electron chi connectivity index (χ1n) is 12.8. The van der Waals surface area contributed by atoms with Gasteiger partial charge in [0.2, 0.25) is 15.9 Å². The van der Waals surface area contributed by atoms with Crippen molar-refractivity contribution in [3.8, 4) is 0 Å². The van der Waals surface area contributed by atoms with Gasteiger partial charge in [-0.05, 0) is 80.2 Å². The smallest absolute Gasteiger partial charge is 0.243 e. The van der Waals surface area contributed by atoms with Gasteiger partial charge in [0, 0.05) is 13.1 Å². The molecule has 0 spiro atoms. The lowest BCUT2D eigenvalue weighted by molar-refractivity contribution is -0.121. The zero-order valence-electron chi connectivity index (χ0n) is 21.4. The zero-order chi connectivity index (χ0) is 26.6. The van der Waals surface area contributed by atoms with Gasteiger partial charge in [-0.2, -0.15) is 4.31 Å². The highest BCUT2D eigenvalue weighted by Gasteiger charge is 2.34. The van der Waals surface area contributed by atoms with E-state index in [1.165, 1.54) is 16.4 Å². The third-order valence-electron chi connectivity index (χ3n) is 7.55. The number of nitrogens with two attached hydrogens (primary N) is 1. The second-order valence-corrected chi connectivity index (χ2v) is 12.2. The molecule has 1 aliphatic rings. The van der Waals surface area contributed by atoms with Gasteiger partial charge in [0.05, 0.1) is 10.8 Å². The molecule has 0 radical (unpaired) electrons. The standard InChI is InChI=1S/C30H35FN2O3S/c1-21-8-13-25(14-9-21)29(30(32)34)26-15-11-24(12-16-26)20-33(19-23-6-4-3-5-7-23)37(35,36)27-17-10-22(2)28(31)18-27/h3-10,13-14,17-18,24,26,29H,11-12,15-16,19-20H2,1-2H3,(H2,32,34). The van der Waals surface area contributed by atoms with Crippen molar-refractivity contribution >= 4 is 15.9 Å². The van der Waals surface area contributed by atoms with Gasteiger partial charge in [-0.15, -0.1) is 0 Å². The molecule has 4 rings (SSSR count). The monoisotopic (exact) mass is 522 g/mol. The van der Waals surface area contributed by atoms with Crippen LogP contribution in [0.2, 0.25) is 0 Å². The van der Waals surface area contributed by atoms with Crippen LogP contribution in [0.25, 0.3) is 0 Å². The molecule has 0 aromatic heterocycles. The van der Waals surface area contributed by atoms with Crippen molar-refractivity contribution in [3.63, 3.8) is 0 Å². The predicted octanol–water partition coefficient (Wildman–Crippen LogP) is 5.71. The highest BCUT2D eigenvalue weighted by Crippen LogP contribution is 2.39. The molecular formula is C30H35FN2O3S. The van der Waals surface area contributed by atoms with Crippen molar-refractivity contribution in [2.45, 2.75) is 56.9 Å². The average molecular weight is 523 g/mol. The second-order valence-electron chi connectivity index (χ2n) is 10.3. The van der Waals surface area contributed by atoms with Crippen LogP contribution >= 0.6 is 0 Å². The summed E-state index contributed by atoms with van der Waals surface area (Å²) in [7, 11) is -3.91. The van der Waals surface area contributed by atoms with E-state index in [2.05, 4.69) is 0 Å². The maximum atomic E-state index is 14.3. The first-order chi connectivity index (χ1) is 17.6. The summed E-state index contributed by atoms with van der Waals surface area (Å²) in [4.78, 5) is 12.4. The van der Waals surface area contributed by atoms with Crippen LogP contribution in [0.15, 0.2) is 77.7 Å². The number of hydrogen-bond acceptors (Lipinski definition) is 3. The molecule has 3 aromatic rings. The predicted molar refractivity (Wildman–Crippen MR) is 144 cm³/mol. The van der Waals surface area contributed by atoms with Crippen LogP contribution in [0.5, 0.6) is 0 Å². The third kappa shape index (κ3) is 6.46. The van der Waals surface area contributed by atoms with E-state index < -0.39 is 15.8 Å². The average Bonchev–Trinajstić information content (AvgIpc) is 2.88. The number of hydrogen-bond donors (Lipinski definition) is 1. The fourth-order valence-electron chi connectivity index (χ4n) is 5.35. The van der Waals surface area contributed by atoms with Gasteiger partial charge in [0.15, 0.2) is 0 Å². The number of carbonyl (C=O) groups excluding carboxylic acids is 1. The van der Waals surface area contributed by atoms with Crippen LogP contribution in [0.3, 0.4) is 0 Å². The van der Waals surface area contributed by atoms with Crippen molar-refractivity contribution in [2.75, 3.05) is 6.54 Å². The van der Waals surface area contributed by atoms with Crippen LogP contribution < -0.4 is 5.73 Å². The number of halogens is 1. The van der Waals surface area contributed by atoms with Gasteiger partial charge in [0.25, 0.3) is 0 Å². The molecule has 0 heterocycles. The lowest BCUT2D eigenvalue weighted by Gasteiger charge is -2.35. The lowest BCUT2D eigenvalue weighted by Crippen LogP contribution is -2.37. The molecule has 2 N–H and O–H groups in total. The summed E-state index contributed by atoms with van der Waals surface area (Å²) in [6.07, 6.45) is 3.18. The number of sulfonamides is 1. The molecule has 0 aliphatic heterocycles. The number of primary amides is 1. The Morgan fingerprint density at radius 3 is 2.22 bits per heavy atom. The van der Waals surface area contributed by atoms with Crippen molar-refractivity contribution in [1.29, 1.82) is 0 Å². The molecule has 7 heteroatoms. The van der Waals surface area contributed by atoms with E-state index in [4.69, 9.17) is 5.73 Å². The molecule has 3 aromatic carbocycles. The van der Waals surface area contributed by atoms with E-state index in [0.717, 1.165) is 48.4 Å². The van der Waals surface area contributed by atoms with Crippen LogP contribution in [0.4, 0.5) is 4.39 Å². The Labute approximate surface area is 219 Å². The van der Waals surface area contributed by atoms with Gasteiger partial charge in [0.1, 0.15) is 5.82 Å². The number of benzene rings is 3. The van der Waals surface area contributed by atoms with E-state index in [-0.39, 0.29) is 35.1 Å². The Morgan fingerprint density at radius 2 is 1.62 bits per heavy atom. The Balaban J connectivity index is 1.51. The highest BCUT2D eigenvalue weighted by atomic mass is 32.2. The SMILES string of the molecule is Cc1ccc(C(C(N)=O)C2CCC(CN(Cc3ccccc3)S(=O)(=O)c3ccc(C)c(F)c3)CC2)cc1. The zero-order valence-corrected chi connectivity index (χ0v) is 22.3. The van der Waals surface area contributed by atoms with Gasteiger partial charge in [-0.25, -0.2) is 12.8 Å². The minimum atomic E-state index is -3.91. The maximum Gasteiger partial charge on any atom is 0.243 e. The molecular weight excluding hydrogens is 487 g/mol. The van der Waals surface area contributed by atoms with E-state index in [9.17, 15) is 17.6 Å². The summed E-state index contributed by atoms with van der Waals surface area (Å²) in [5.74, 6) is -0.934. The summed E-state index contributed by atoms with van der Waals surface area (Å²) >= 11 is 0. The number of carbonyl (C=O) groups is 1. The molecule has 5 nitrogen and oxygen atoms in total. The first kappa shape index (κ1) is 27.0. The molecule has 1 aliphatic carbocycles. The summed E-state index contributed by atoms with van der Waals surface area (Å²) < 4.78 is 43.1. The van der Waals surface area contributed by atoms with Gasteiger partial charge in [-0.1, -0.05) is 66.2 Å². The van der Waals surface area contributed by atoms with Crippen LogP contribution in [-0.4, -0.2) is 25.2 Å². The fraction of sp³-hybridized carbons (Fsp3) is 0.367. The second kappa shape index (κ2) is 11.6. The van der Waals surface area contributed by atoms with E-state index in [0.29, 0.717) is 12.1 Å². The van der Waals surface area contributed by atoms with E-state index in [1.807, 2.05) is 61.5 Å². The number of amides is 1. The highest BCUT2D eigenvalue weighted by molar-refractivity contribution is 7.89. The Kier molecular flexibility index (Phi) is 8.45.